The fraction of sp³-hybridized carbons (Fsp3) is 0.583. The molecule has 0 aliphatic carbocycles. The van der Waals surface area contributed by atoms with E-state index in [4.69, 9.17) is 14.0 Å². The Balaban J connectivity index is 1.21. The second kappa shape index (κ2) is 8.90. The first-order valence-corrected chi connectivity index (χ1v) is 11.9. The number of rotatable bonds is 5. The molecule has 2 aromatic rings. The molecule has 3 saturated heterocycles. The number of carbonyl (C=O) groups excluding carboxylic acids is 2. The third kappa shape index (κ3) is 4.59. The molecule has 34 heavy (non-hydrogen) atoms. The van der Waals surface area contributed by atoms with Crippen LogP contribution in [0.4, 0.5) is 9.59 Å². The van der Waals surface area contributed by atoms with Gasteiger partial charge in [-0.15, -0.1) is 10.2 Å². The van der Waals surface area contributed by atoms with Gasteiger partial charge in [0.2, 0.25) is 11.8 Å². The van der Waals surface area contributed by atoms with Crippen molar-refractivity contribution in [3.8, 4) is 0 Å². The molecule has 5 rings (SSSR count). The van der Waals surface area contributed by atoms with Crippen molar-refractivity contribution in [1.29, 1.82) is 0 Å². The smallest absolute Gasteiger partial charge is 0.410 e. The van der Waals surface area contributed by atoms with E-state index in [0.717, 1.165) is 24.8 Å². The van der Waals surface area contributed by atoms with E-state index in [1.807, 2.05) is 51.1 Å². The van der Waals surface area contributed by atoms with Crippen LogP contribution in [0.2, 0.25) is 0 Å². The van der Waals surface area contributed by atoms with E-state index in [-0.39, 0.29) is 30.1 Å². The minimum atomic E-state index is -0.535. The molecule has 0 saturated carbocycles. The van der Waals surface area contributed by atoms with Crippen LogP contribution in [0.1, 0.15) is 69.3 Å². The summed E-state index contributed by atoms with van der Waals surface area (Å²) in [6.07, 6.45) is 1.94. The molecule has 3 aliphatic heterocycles. The summed E-state index contributed by atoms with van der Waals surface area (Å²) in [5.74, 6) is 0.916. The van der Waals surface area contributed by atoms with Crippen LogP contribution < -0.4 is 0 Å². The molecule has 3 amide bonds. The summed E-state index contributed by atoms with van der Waals surface area (Å²) in [6, 6.07) is 9.39. The first kappa shape index (κ1) is 22.6. The lowest BCUT2D eigenvalue weighted by Crippen LogP contribution is -2.35. The van der Waals surface area contributed by atoms with Crippen molar-refractivity contribution >= 4 is 12.1 Å². The van der Waals surface area contributed by atoms with Crippen LogP contribution in [0.5, 0.6) is 0 Å². The highest BCUT2D eigenvalue weighted by molar-refractivity contribution is 5.77. The Morgan fingerprint density at radius 2 is 1.85 bits per heavy atom. The summed E-state index contributed by atoms with van der Waals surface area (Å²) >= 11 is 0. The molecule has 2 bridgehead atoms. The number of benzene rings is 1. The number of hydrogen-bond acceptors (Lipinski definition) is 7. The number of urea groups is 1. The number of piperidine rings is 1. The lowest BCUT2D eigenvalue weighted by molar-refractivity contribution is -0.140. The number of amides is 3. The Kier molecular flexibility index (Phi) is 5.93. The first-order chi connectivity index (χ1) is 16.3. The number of fused-ring (bicyclic) bond motifs is 2. The number of hydroxylamine groups is 2. The molecule has 10 nitrogen and oxygen atoms in total. The van der Waals surface area contributed by atoms with E-state index in [2.05, 4.69) is 10.2 Å². The number of carbonyl (C=O) groups is 2. The normalized spacial score (nSPS) is 24.7. The van der Waals surface area contributed by atoms with E-state index >= 15 is 0 Å². The van der Waals surface area contributed by atoms with Crippen molar-refractivity contribution in [3.05, 3.63) is 47.7 Å². The van der Waals surface area contributed by atoms with Crippen LogP contribution in [-0.4, -0.2) is 68.5 Å². The van der Waals surface area contributed by atoms with E-state index in [9.17, 15) is 9.59 Å². The van der Waals surface area contributed by atoms with Crippen molar-refractivity contribution in [2.24, 2.45) is 0 Å². The van der Waals surface area contributed by atoms with Crippen molar-refractivity contribution in [3.63, 3.8) is 0 Å². The largest absolute Gasteiger partial charge is 0.444 e. The number of likely N-dealkylation sites (tertiary alicyclic amines) is 1. The first-order valence-electron chi connectivity index (χ1n) is 11.9. The minimum Gasteiger partial charge on any atom is -0.444 e. The quantitative estimate of drug-likeness (QED) is 0.655. The highest BCUT2D eigenvalue weighted by Crippen LogP contribution is 2.39. The maximum Gasteiger partial charge on any atom is 0.410 e. The number of ether oxygens (including phenoxy) is 1. The molecule has 10 heteroatoms. The summed E-state index contributed by atoms with van der Waals surface area (Å²) < 4.78 is 11.5. The van der Waals surface area contributed by atoms with Crippen molar-refractivity contribution < 1.29 is 23.6 Å². The fourth-order valence-electron chi connectivity index (χ4n) is 4.77. The van der Waals surface area contributed by atoms with E-state index in [1.54, 1.807) is 9.80 Å². The van der Waals surface area contributed by atoms with Crippen molar-refractivity contribution in [2.75, 3.05) is 19.6 Å². The van der Waals surface area contributed by atoms with Gasteiger partial charge in [0.25, 0.3) is 0 Å². The van der Waals surface area contributed by atoms with E-state index < -0.39 is 5.60 Å². The minimum absolute atomic E-state index is 0.0204. The number of hydrogen-bond donors (Lipinski definition) is 0. The van der Waals surface area contributed by atoms with Gasteiger partial charge in [0.05, 0.1) is 12.0 Å². The zero-order valence-corrected chi connectivity index (χ0v) is 19.8. The van der Waals surface area contributed by atoms with Gasteiger partial charge in [-0.2, -0.15) is 5.06 Å². The summed E-state index contributed by atoms with van der Waals surface area (Å²) in [5.41, 5.74) is 0.480. The molecule has 3 aliphatic rings. The van der Waals surface area contributed by atoms with Crippen molar-refractivity contribution in [2.45, 2.75) is 70.2 Å². The Morgan fingerprint density at radius 3 is 2.62 bits per heavy atom. The fourth-order valence-corrected chi connectivity index (χ4v) is 4.77. The van der Waals surface area contributed by atoms with Gasteiger partial charge in [0, 0.05) is 19.6 Å². The van der Waals surface area contributed by atoms with Crippen LogP contribution in [0, 0.1) is 0 Å². The third-order valence-corrected chi connectivity index (χ3v) is 6.47. The summed E-state index contributed by atoms with van der Waals surface area (Å²) in [6.45, 7) is 7.54. The SMILES string of the molecule is CC(C)(C)OC(=O)N1CCC(c2nnc([C@@H]3CC[C@@H]4CN3C(=O)N4OCc3ccccc3)o2)C1. The van der Waals surface area contributed by atoms with Crippen LogP contribution in [-0.2, 0) is 16.2 Å². The maximum absolute atomic E-state index is 13.1. The predicted molar refractivity (Wildman–Crippen MR) is 120 cm³/mol. The monoisotopic (exact) mass is 469 g/mol. The van der Waals surface area contributed by atoms with Gasteiger partial charge in [0.15, 0.2) is 0 Å². The highest BCUT2D eigenvalue weighted by atomic mass is 16.7. The predicted octanol–water partition coefficient (Wildman–Crippen LogP) is 3.87. The average Bonchev–Trinajstić information content (AvgIpc) is 3.52. The number of aromatic nitrogens is 2. The molecule has 1 aromatic carbocycles. The highest BCUT2D eigenvalue weighted by Gasteiger charge is 2.48. The molecule has 4 heterocycles. The van der Waals surface area contributed by atoms with Gasteiger partial charge in [-0.1, -0.05) is 30.3 Å². The van der Waals surface area contributed by atoms with Crippen LogP contribution in [0.25, 0.3) is 0 Å². The van der Waals surface area contributed by atoms with Gasteiger partial charge in [-0.25, -0.2) is 9.59 Å². The zero-order chi connectivity index (χ0) is 23.9. The molecule has 1 aromatic heterocycles. The topological polar surface area (TPSA) is 101 Å². The Morgan fingerprint density at radius 1 is 1.09 bits per heavy atom. The van der Waals surface area contributed by atoms with E-state index in [0.29, 0.717) is 38.0 Å². The van der Waals surface area contributed by atoms with Crippen LogP contribution in [0.3, 0.4) is 0 Å². The zero-order valence-electron chi connectivity index (χ0n) is 19.8. The lowest BCUT2D eigenvalue weighted by atomic mass is 10.0. The molecule has 1 unspecified atom stereocenters. The van der Waals surface area contributed by atoms with Crippen molar-refractivity contribution in [1.82, 2.24) is 25.1 Å². The standard InChI is InChI=1S/C24H31N5O5/c1-24(2,3)34-23(31)27-12-11-17(13-27)20-25-26-21(33-20)19-10-9-18-14-28(19)22(30)29(18)32-15-16-7-5-4-6-8-16/h4-8,17-19H,9-15H2,1-3H3/t17?,18-,19+/m1/s1. The molecule has 0 radical (unpaired) electrons. The molecule has 3 fully saturated rings. The second-order valence-electron chi connectivity index (χ2n) is 10.2. The third-order valence-electron chi connectivity index (χ3n) is 6.47. The lowest BCUT2D eigenvalue weighted by Gasteiger charge is -2.27. The Labute approximate surface area is 198 Å². The maximum atomic E-state index is 13.1. The molecular formula is C24H31N5O5. The van der Waals surface area contributed by atoms with Crippen LogP contribution in [0.15, 0.2) is 34.7 Å². The molecular weight excluding hydrogens is 438 g/mol. The average molecular weight is 470 g/mol. The summed E-state index contributed by atoms with van der Waals surface area (Å²) in [4.78, 5) is 34.8. The van der Waals surface area contributed by atoms with Gasteiger partial charge in [-0.3, -0.25) is 4.84 Å². The van der Waals surface area contributed by atoms with Gasteiger partial charge in [0.1, 0.15) is 18.2 Å². The van der Waals surface area contributed by atoms with Gasteiger partial charge < -0.3 is 19.0 Å². The number of nitrogens with zero attached hydrogens (tertiary/aromatic N) is 5. The van der Waals surface area contributed by atoms with Gasteiger partial charge >= 0.3 is 12.1 Å². The van der Waals surface area contributed by atoms with Crippen LogP contribution >= 0.6 is 0 Å². The van der Waals surface area contributed by atoms with E-state index in [1.165, 1.54) is 5.06 Å². The molecule has 182 valence electrons. The summed E-state index contributed by atoms with van der Waals surface area (Å²) in [5, 5.41) is 10.0. The second-order valence-corrected chi connectivity index (χ2v) is 10.2. The van der Waals surface area contributed by atoms with Gasteiger partial charge in [-0.05, 0) is 45.6 Å². The molecule has 0 N–H and O–H groups in total. The molecule has 3 atom stereocenters. The Bertz CT molecular complexity index is 1040. The molecule has 0 spiro atoms. The Hall–Kier alpha value is -3.14. The summed E-state index contributed by atoms with van der Waals surface area (Å²) in [7, 11) is 0.